The van der Waals surface area contributed by atoms with Gasteiger partial charge in [0, 0.05) is 24.8 Å². The molecule has 2 aromatic rings. The average molecular weight is 359 g/mol. The Morgan fingerprint density at radius 1 is 1.38 bits per heavy atom. The van der Waals surface area contributed by atoms with Gasteiger partial charge in [0.05, 0.1) is 24.3 Å². The van der Waals surface area contributed by atoms with Crippen molar-refractivity contribution in [2.75, 3.05) is 19.6 Å². The first kappa shape index (κ1) is 18.1. The quantitative estimate of drug-likeness (QED) is 0.799. The Labute approximate surface area is 151 Å². The third kappa shape index (κ3) is 4.66. The van der Waals surface area contributed by atoms with Crippen LogP contribution in [0.15, 0.2) is 36.7 Å². The molecule has 0 saturated carbocycles. The summed E-state index contributed by atoms with van der Waals surface area (Å²) in [6, 6.07) is 6.15. The molecule has 138 valence electrons. The molecule has 1 aromatic carbocycles. The molecule has 2 heterocycles. The van der Waals surface area contributed by atoms with Crippen LogP contribution in [0.4, 0.5) is 4.39 Å². The molecule has 0 aliphatic carbocycles. The minimum atomic E-state index is -0.379. The second kappa shape index (κ2) is 8.09. The molecule has 0 spiro atoms. The number of likely N-dealkylation sites (tertiary alicyclic amines) is 1. The van der Waals surface area contributed by atoms with Crippen molar-refractivity contribution in [3.63, 3.8) is 0 Å². The number of amides is 2. The largest absolute Gasteiger partial charge is 0.369 e. The van der Waals surface area contributed by atoms with Crippen molar-refractivity contribution in [2.24, 2.45) is 11.7 Å². The lowest BCUT2D eigenvalue weighted by atomic mass is 9.97. The van der Waals surface area contributed by atoms with Gasteiger partial charge in [0.1, 0.15) is 5.82 Å². The molecule has 1 fully saturated rings. The SMILES string of the molecule is NC(=O)CN1CCC[C@H](C(=O)NCc2cnn(-c3cccc(F)c3)c2)C1. The van der Waals surface area contributed by atoms with Crippen molar-refractivity contribution in [2.45, 2.75) is 19.4 Å². The molecule has 8 heteroatoms. The summed E-state index contributed by atoms with van der Waals surface area (Å²) in [5.74, 6) is -0.902. The molecule has 2 amide bonds. The molecule has 1 atom stereocenters. The zero-order chi connectivity index (χ0) is 18.5. The first-order valence-electron chi connectivity index (χ1n) is 8.59. The number of rotatable bonds is 6. The molecular weight excluding hydrogens is 337 g/mol. The van der Waals surface area contributed by atoms with Crippen LogP contribution < -0.4 is 11.1 Å². The summed E-state index contributed by atoms with van der Waals surface area (Å²) in [5.41, 5.74) is 6.67. The fraction of sp³-hybridized carbons (Fsp3) is 0.389. The summed E-state index contributed by atoms with van der Waals surface area (Å²) >= 11 is 0. The second-order valence-corrected chi connectivity index (χ2v) is 6.53. The number of primary amides is 1. The van der Waals surface area contributed by atoms with Crippen molar-refractivity contribution in [1.82, 2.24) is 20.0 Å². The number of nitrogens with one attached hydrogen (secondary N) is 1. The Kier molecular flexibility index (Phi) is 5.62. The Balaban J connectivity index is 1.54. The van der Waals surface area contributed by atoms with Crippen LogP contribution in [0, 0.1) is 11.7 Å². The van der Waals surface area contributed by atoms with Crippen LogP contribution in [-0.2, 0) is 16.1 Å². The van der Waals surface area contributed by atoms with Gasteiger partial charge < -0.3 is 11.1 Å². The molecule has 3 N–H and O–H groups in total. The lowest BCUT2D eigenvalue weighted by Crippen LogP contribution is -2.45. The number of hydrogen-bond acceptors (Lipinski definition) is 4. The van der Waals surface area contributed by atoms with Gasteiger partial charge in [-0.2, -0.15) is 5.10 Å². The van der Waals surface area contributed by atoms with Gasteiger partial charge in [-0.15, -0.1) is 0 Å². The molecule has 1 aliphatic heterocycles. The van der Waals surface area contributed by atoms with E-state index in [2.05, 4.69) is 10.4 Å². The first-order valence-corrected chi connectivity index (χ1v) is 8.59. The minimum Gasteiger partial charge on any atom is -0.369 e. The maximum atomic E-state index is 13.3. The summed E-state index contributed by atoms with van der Waals surface area (Å²) in [6.07, 6.45) is 5.06. The number of nitrogens with zero attached hydrogens (tertiary/aromatic N) is 3. The van der Waals surface area contributed by atoms with E-state index in [-0.39, 0.29) is 30.1 Å². The van der Waals surface area contributed by atoms with Crippen molar-refractivity contribution >= 4 is 11.8 Å². The fourth-order valence-electron chi connectivity index (χ4n) is 3.18. The van der Waals surface area contributed by atoms with E-state index in [9.17, 15) is 14.0 Å². The zero-order valence-electron chi connectivity index (χ0n) is 14.4. The van der Waals surface area contributed by atoms with Crippen molar-refractivity contribution in [3.8, 4) is 5.69 Å². The second-order valence-electron chi connectivity index (χ2n) is 6.53. The maximum Gasteiger partial charge on any atom is 0.231 e. The molecule has 26 heavy (non-hydrogen) atoms. The molecule has 0 unspecified atom stereocenters. The van der Waals surface area contributed by atoms with Gasteiger partial charge in [0.25, 0.3) is 0 Å². The number of halogens is 1. The highest BCUT2D eigenvalue weighted by atomic mass is 19.1. The van der Waals surface area contributed by atoms with Gasteiger partial charge in [-0.25, -0.2) is 9.07 Å². The molecule has 0 bridgehead atoms. The molecule has 1 saturated heterocycles. The van der Waals surface area contributed by atoms with Crippen LogP contribution in [0.2, 0.25) is 0 Å². The molecule has 0 radical (unpaired) electrons. The van der Waals surface area contributed by atoms with Crippen LogP contribution >= 0.6 is 0 Å². The number of piperidine rings is 1. The van der Waals surface area contributed by atoms with Crippen LogP contribution in [0.1, 0.15) is 18.4 Å². The smallest absolute Gasteiger partial charge is 0.231 e. The number of nitrogens with two attached hydrogens (primary N) is 1. The fourth-order valence-corrected chi connectivity index (χ4v) is 3.18. The lowest BCUT2D eigenvalue weighted by molar-refractivity contribution is -0.128. The number of hydrogen-bond donors (Lipinski definition) is 2. The van der Waals surface area contributed by atoms with Crippen LogP contribution in [-0.4, -0.2) is 46.1 Å². The summed E-state index contributed by atoms with van der Waals surface area (Å²) in [7, 11) is 0. The highest BCUT2D eigenvalue weighted by Crippen LogP contribution is 2.16. The van der Waals surface area contributed by atoms with Gasteiger partial charge in [-0.05, 0) is 37.6 Å². The van der Waals surface area contributed by atoms with Crippen molar-refractivity contribution in [1.29, 1.82) is 0 Å². The van der Waals surface area contributed by atoms with E-state index in [1.807, 2.05) is 4.90 Å². The summed E-state index contributed by atoms with van der Waals surface area (Å²) < 4.78 is 14.9. The van der Waals surface area contributed by atoms with E-state index < -0.39 is 0 Å². The van der Waals surface area contributed by atoms with E-state index in [4.69, 9.17) is 5.73 Å². The van der Waals surface area contributed by atoms with Crippen LogP contribution in [0.25, 0.3) is 5.69 Å². The van der Waals surface area contributed by atoms with Crippen LogP contribution in [0.3, 0.4) is 0 Å². The molecule has 7 nitrogen and oxygen atoms in total. The van der Waals surface area contributed by atoms with Gasteiger partial charge in [0.2, 0.25) is 11.8 Å². The molecule has 1 aliphatic rings. The highest BCUT2D eigenvalue weighted by molar-refractivity contribution is 5.79. The summed E-state index contributed by atoms with van der Waals surface area (Å²) in [6.45, 7) is 1.86. The van der Waals surface area contributed by atoms with E-state index in [0.717, 1.165) is 24.9 Å². The Hall–Kier alpha value is -2.74. The predicted octanol–water partition coefficient (Wildman–Crippen LogP) is 0.825. The van der Waals surface area contributed by atoms with Gasteiger partial charge in [-0.1, -0.05) is 6.07 Å². The van der Waals surface area contributed by atoms with Crippen LogP contribution in [0.5, 0.6) is 0 Å². The Bertz CT molecular complexity index is 791. The first-order chi connectivity index (χ1) is 12.5. The highest BCUT2D eigenvalue weighted by Gasteiger charge is 2.26. The molecular formula is C18H22FN5O2. The number of aromatic nitrogens is 2. The zero-order valence-corrected chi connectivity index (χ0v) is 14.4. The number of carbonyl (C=O) groups excluding carboxylic acids is 2. The number of benzene rings is 1. The minimum absolute atomic E-state index is 0.0438. The maximum absolute atomic E-state index is 13.3. The predicted molar refractivity (Wildman–Crippen MR) is 93.7 cm³/mol. The summed E-state index contributed by atoms with van der Waals surface area (Å²) in [5, 5.41) is 7.11. The topological polar surface area (TPSA) is 93.2 Å². The lowest BCUT2D eigenvalue weighted by Gasteiger charge is -2.30. The van der Waals surface area contributed by atoms with Gasteiger partial charge in [0.15, 0.2) is 0 Å². The van der Waals surface area contributed by atoms with Gasteiger partial charge in [-0.3, -0.25) is 14.5 Å². The number of carbonyl (C=O) groups is 2. The van der Waals surface area contributed by atoms with E-state index in [1.54, 1.807) is 29.2 Å². The van der Waals surface area contributed by atoms with E-state index >= 15 is 0 Å². The van der Waals surface area contributed by atoms with E-state index in [0.29, 0.717) is 18.8 Å². The summed E-state index contributed by atoms with van der Waals surface area (Å²) in [4.78, 5) is 25.4. The average Bonchev–Trinajstić information content (AvgIpc) is 3.08. The van der Waals surface area contributed by atoms with Crippen molar-refractivity contribution < 1.29 is 14.0 Å². The third-order valence-electron chi connectivity index (χ3n) is 4.43. The van der Waals surface area contributed by atoms with E-state index in [1.165, 1.54) is 12.1 Å². The van der Waals surface area contributed by atoms with Crippen molar-refractivity contribution in [3.05, 3.63) is 48.0 Å². The monoisotopic (exact) mass is 359 g/mol. The van der Waals surface area contributed by atoms with Gasteiger partial charge >= 0.3 is 0 Å². The Morgan fingerprint density at radius 3 is 3.00 bits per heavy atom. The third-order valence-corrected chi connectivity index (χ3v) is 4.43. The Morgan fingerprint density at radius 2 is 2.23 bits per heavy atom. The normalized spacial score (nSPS) is 17.8. The standard InChI is InChI=1S/C18H22FN5O2/c19-15-4-1-5-16(7-15)24-10-13(9-22-24)8-21-18(26)14-3-2-6-23(11-14)12-17(20)25/h1,4-5,7,9-10,14H,2-3,6,8,11-12H2,(H2,20,25)(H,21,26)/t14-/m0/s1. The molecule has 3 rings (SSSR count). The molecule has 1 aromatic heterocycles.